The number of aliphatic hydroxyl groups excluding tert-OH is 1. The monoisotopic (exact) mass is 226 g/mol. The smallest absolute Gasteiger partial charge is 0.245 e. The first-order valence-electron chi connectivity index (χ1n) is 5.86. The summed E-state index contributed by atoms with van der Waals surface area (Å²) >= 11 is 0. The fraction of sp³-hybridized carbons (Fsp3) is 0.818. The third-order valence-electron chi connectivity index (χ3n) is 3.23. The highest BCUT2D eigenvalue weighted by atomic mass is 16.3. The van der Waals surface area contributed by atoms with E-state index in [1.54, 1.807) is 11.8 Å². The molecule has 2 amide bonds. The third-order valence-corrected chi connectivity index (χ3v) is 3.23. The number of aliphatic hydroxyl groups is 1. The first kappa shape index (κ1) is 11.4. The average Bonchev–Trinajstić information content (AvgIpc) is 2.25. The number of β-amino-alcohol motifs (C(OH)–C–C–N with tert-alkyl or cyclic N) is 1. The Bertz CT molecular complexity index is 304. The minimum atomic E-state index is -0.577. The van der Waals surface area contributed by atoms with E-state index >= 15 is 0 Å². The summed E-state index contributed by atoms with van der Waals surface area (Å²) in [6.45, 7) is 2.72. The van der Waals surface area contributed by atoms with E-state index in [0.29, 0.717) is 6.54 Å². The van der Waals surface area contributed by atoms with Gasteiger partial charge in [0, 0.05) is 13.1 Å². The van der Waals surface area contributed by atoms with Gasteiger partial charge in [0.05, 0.1) is 12.6 Å². The Morgan fingerprint density at radius 1 is 1.44 bits per heavy atom. The van der Waals surface area contributed by atoms with Crippen molar-refractivity contribution in [1.82, 2.24) is 9.80 Å². The summed E-state index contributed by atoms with van der Waals surface area (Å²) < 4.78 is 0. The minimum absolute atomic E-state index is 0.000185. The van der Waals surface area contributed by atoms with E-state index in [0.717, 1.165) is 19.3 Å². The summed E-state index contributed by atoms with van der Waals surface area (Å²) in [5, 5.41) is 9.29. The van der Waals surface area contributed by atoms with Crippen LogP contribution in [0.5, 0.6) is 0 Å². The summed E-state index contributed by atoms with van der Waals surface area (Å²) in [4.78, 5) is 27.1. The van der Waals surface area contributed by atoms with Gasteiger partial charge in [-0.2, -0.15) is 0 Å². The number of hydrogen-bond donors (Lipinski definition) is 1. The van der Waals surface area contributed by atoms with Crippen molar-refractivity contribution >= 4 is 11.8 Å². The predicted molar refractivity (Wildman–Crippen MR) is 57.6 cm³/mol. The van der Waals surface area contributed by atoms with Crippen molar-refractivity contribution in [2.75, 3.05) is 19.6 Å². The van der Waals surface area contributed by atoms with Crippen molar-refractivity contribution in [1.29, 1.82) is 0 Å². The Kier molecular flexibility index (Phi) is 3.14. The average molecular weight is 226 g/mol. The summed E-state index contributed by atoms with van der Waals surface area (Å²) in [6, 6.07) is -0.270. The lowest BCUT2D eigenvalue weighted by molar-refractivity contribution is -0.158. The maximum absolute atomic E-state index is 12.1. The number of carbonyl (C=O) groups excluding carboxylic acids is 2. The van der Waals surface area contributed by atoms with Crippen molar-refractivity contribution in [2.24, 2.45) is 0 Å². The summed E-state index contributed by atoms with van der Waals surface area (Å²) in [5.74, 6) is 0.0187. The lowest BCUT2D eigenvalue weighted by Gasteiger charge is -2.43. The first-order valence-corrected chi connectivity index (χ1v) is 5.86. The van der Waals surface area contributed by atoms with Crippen molar-refractivity contribution in [3.8, 4) is 0 Å². The second kappa shape index (κ2) is 4.41. The van der Waals surface area contributed by atoms with Crippen LogP contribution in [-0.4, -0.2) is 58.5 Å². The Balaban J connectivity index is 2.10. The molecule has 2 atom stereocenters. The van der Waals surface area contributed by atoms with Gasteiger partial charge in [-0.3, -0.25) is 9.59 Å². The van der Waals surface area contributed by atoms with Gasteiger partial charge in [0.2, 0.25) is 11.8 Å². The van der Waals surface area contributed by atoms with Crippen LogP contribution in [0.15, 0.2) is 0 Å². The van der Waals surface area contributed by atoms with Crippen molar-refractivity contribution < 1.29 is 14.7 Å². The van der Waals surface area contributed by atoms with Gasteiger partial charge in [-0.25, -0.2) is 0 Å². The highest BCUT2D eigenvalue weighted by Gasteiger charge is 2.40. The molecule has 2 aliphatic rings. The molecule has 0 spiro atoms. The maximum atomic E-state index is 12.1. The number of carbonyl (C=O) groups is 2. The van der Waals surface area contributed by atoms with E-state index in [1.807, 2.05) is 0 Å². The van der Waals surface area contributed by atoms with Crippen LogP contribution in [0.25, 0.3) is 0 Å². The molecular formula is C11H18N2O3. The molecule has 0 bridgehead atoms. The SMILES string of the molecule is CC(O)CN1CC(=O)N2CCCCC2C1=O. The van der Waals surface area contributed by atoms with Crippen LogP contribution in [0.3, 0.4) is 0 Å². The first-order chi connectivity index (χ1) is 7.59. The molecule has 0 aliphatic carbocycles. The van der Waals surface area contributed by atoms with Crippen molar-refractivity contribution in [2.45, 2.75) is 38.3 Å². The molecule has 2 aliphatic heterocycles. The Morgan fingerprint density at radius 2 is 2.19 bits per heavy atom. The van der Waals surface area contributed by atoms with E-state index in [9.17, 15) is 14.7 Å². The molecule has 2 rings (SSSR count). The zero-order chi connectivity index (χ0) is 11.7. The molecule has 0 aromatic carbocycles. The van der Waals surface area contributed by atoms with Crippen LogP contribution >= 0.6 is 0 Å². The quantitative estimate of drug-likeness (QED) is 0.696. The Hall–Kier alpha value is -1.10. The zero-order valence-corrected chi connectivity index (χ0v) is 9.56. The molecule has 0 radical (unpaired) electrons. The fourth-order valence-corrected chi connectivity index (χ4v) is 2.50. The van der Waals surface area contributed by atoms with Crippen molar-refractivity contribution in [3.05, 3.63) is 0 Å². The highest BCUT2D eigenvalue weighted by Crippen LogP contribution is 2.23. The number of nitrogens with zero attached hydrogens (tertiary/aromatic N) is 2. The van der Waals surface area contributed by atoms with Gasteiger partial charge in [0.15, 0.2) is 0 Å². The van der Waals surface area contributed by atoms with Gasteiger partial charge in [-0.05, 0) is 26.2 Å². The van der Waals surface area contributed by atoms with Gasteiger partial charge < -0.3 is 14.9 Å². The topological polar surface area (TPSA) is 60.9 Å². The Morgan fingerprint density at radius 3 is 2.88 bits per heavy atom. The molecule has 2 saturated heterocycles. The molecule has 0 saturated carbocycles. The molecular weight excluding hydrogens is 208 g/mol. The van der Waals surface area contributed by atoms with Crippen LogP contribution < -0.4 is 0 Å². The third kappa shape index (κ3) is 2.04. The van der Waals surface area contributed by atoms with Gasteiger partial charge >= 0.3 is 0 Å². The fourth-order valence-electron chi connectivity index (χ4n) is 2.50. The maximum Gasteiger partial charge on any atom is 0.245 e. The molecule has 0 aromatic rings. The van der Waals surface area contributed by atoms with Crippen LogP contribution in [0.4, 0.5) is 0 Å². The van der Waals surface area contributed by atoms with E-state index in [-0.39, 0.29) is 30.9 Å². The van der Waals surface area contributed by atoms with Crippen molar-refractivity contribution in [3.63, 3.8) is 0 Å². The van der Waals surface area contributed by atoms with E-state index < -0.39 is 6.10 Å². The summed E-state index contributed by atoms with van der Waals surface area (Å²) in [5.41, 5.74) is 0. The number of fused-ring (bicyclic) bond motifs is 1. The van der Waals surface area contributed by atoms with Crippen LogP contribution in [0.1, 0.15) is 26.2 Å². The summed E-state index contributed by atoms with van der Waals surface area (Å²) in [6.07, 6.45) is 2.18. The molecule has 2 unspecified atom stereocenters. The molecule has 5 heteroatoms. The van der Waals surface area contributed by atoms with Gasteiger partial charge in [-0.15, -0.1) is 0 Å². The van der Waals surface area contributed by atoms with E-state index in [1.165, 1.54) is 4.90 Å². The zero-order valence-electron chi connectivity index (χ0n) is 9.56. The number of rotatable bonds is 2. The second-order valence-electron chi connectivity index (χ2n) is 4.67. The number of piperazine rings is 1. The normalized spacial score (nSPS) is 28.0. The van der Waals surface area contributed by atoms with Crippen LogP contribution in [0, 0.1) is 0 Å². The molecule has 1 N–H and O–H groups in total. The predicted octanol–water partition coefficient (Wildman–Crippen LogP) is -0.409. The standard InChI is InChI=1S/C11H18N2O3/c1-8(14)6-12-7-10(15)13-5-3-2-4-9(13)11(12)16/h8-9,14H,2-7H2,1H3. The Labute approximate surface area is 95.0 Å². The molecule has 5 nitrogen and oxygen atoms in total. The van der Waals surface area contributed by atoms with E-state index in [4.69, 9.17) is 0 Å². The van der Waals surface area contributed by atoms with E-state index in [2.05, 4.69) is 0 Å². The lowest BCUT2D eigenvalue weighted by Crippen LogP contribution is -2.62. The molecule has 90 valence electrons. The van der Waals surface area contributed by atoms with Gasteiger partial charge in [0.1, 0.15) is 6.04 Å². The molecule has 2 fully saturated rings. The van der Waals surface area contributed by atoms with Gasteiger partial charge in [-0.1, -0.05) is 0 Å². The highest BCUT2D eigenvalue weighted by molar-refractivity contribution is 5.95. The lowest BCUT2D eigenvalue weighted by atomic mass is 9.98. The molecule has 0 aromatic heterocycles. The number of hydrogen-bond acceptors (Lipinski definition) is 3. The number of amides is 2. The largest absolute Gasteiger partial charge is 0.392 e. The molecule has 16 heavy (non-hydrogen) atoms. The van der Waals surface area contributed by atoms with Crippen LogP contribution in [0.2, 0.25) is 0 Å². The second-order valence-corrected chi connectivity index (χ2v) is 4.67. The molecule has 2 heterocycles. The van der Waals surface area contributed by atoms with Gasteiger partial charge in [0.25, 0.3) is 0 Å². The van der Waals surface area contributed by atoms with Crippen LogP contribution in [-0.2, 0) is 9.59 Å². The minimum Gasteiger partial charge on any atom is -0.392 e. The summed E-state index contributed by atoms with van der Waals surface area (Å²) in [7, 11) is 0. The number of piperidine rings is 1.